The number of nitrogens with zero attached hydrogens (tertiary/aromatic N) is 2. The van der Waals surface area contributed by atoms with Gasteiger partial charge in [0.15, 0.2) is 29.1 Å². The summed E-state index contributed by atoms with van der Waals surface area (Å²) in [5.41, 5.74) is 4.59. The molecule has 6 rings (SSSR count). The lowest BCUT2D eigenvalue weighted by Crippen LogP contribution is -2.07. The molecular weight excluding hydrogens is 592 g/mol. The van der Waals surface area contributed by atoms with Crippen LogP contribution in [0.4, 0.5) is 0 Å². The molecule has 0 saturated carbocycles. The highest BCUT2D eigenvalue weighted by Gasteiger charge is 2.27. The highest BCUT2D eigenvalue weighted by atomic mass is 32.1. The van der Waals surface area contributed by atoms with E-state index in [1.54, 1.807) is 39.8 Å². The Balaban J connectivity index is 1.05. The molecule has 2 heterocycles. The molecule has 0 amide bonds. The smallest absolute Gasteiger partial charge is 0.203 e. The van der Waals surface area contributed by atoms with E-state index in [9.17, 15) is 0 Å². The Morgan fingerprint density at radius 1 is 0.733 bits per heavy atom. The van der Waals surface area contributed by atoms with Crippen LogP contribution in [0.5, 0.6) is 34.5 Å². The van der Waals surface area contributed by atoms with Crippen molar-refractivity contribution in [1.82, 2.24) is 4.98 Å². The van der Waals surface area contributed by atoms with Crippen LogP contribution in [-0.2, 0) is 4.84 Å². The zero-order valence-corrected chi connectivity index (χ0v) is 26.4. The summed E-state index contributed by atoms with van der Waals surface area (Å²) in [6.07, 6.45) is 0.972. The van der Waals surface area contributed by atoms with Crippen LogP contribution >= 0.6 is 11.3 Å². The van der Waals surface area contributed by atoms with E-state index >= 15 is 0 Å². The van der Waals surface area contributed by atoms with E-state index < -0.39 is 0 Å². The lowest BCUT2D eigenvalue weighted by molar-refractivity contribution is 0.0854. The van der Waals surface area contributed by atoms with Crippen LogP contribution in [0.3, 0.4) is 0 Å². The quantitative estimate of drug-likeness (QED) is 0.123. The number of methoxy groups -OCH3 is 4. The molecule has 0 spiro atoms. The van der Waals surface area contributed by atoms with Gasteiger partial charge >= 0.3 is 0 Å². The molecule has 232 valence electrons. The van der Waals surface area contributed by atoms with E-state index in [0.717, 1.165) is 38.7 Å². The summed E-state index contributed by atoms with van der Waals surface area (Å²) >= 11 is 1.68. The first-order chi connectivity index (χ1) is 22.1. The van der Waals surface area contributed by atoms with E-state index in [4.69, 9.17) is 38.2 Å². The van der Waals surface area contributed by atoms with Crippen molar-refractivity contribution >= 4 is 27.3 Å². The van der Waals surface area contributed by atoms with Crippen molar-refractivity contribution in [3.8, 4) is 45.1 Å². The highest BCUT2D eigenvalue weighted by Crippen LogP contribution is 2.41. The molecule has 45 heavy (non-hydrogen) atoms. The molecule has 1 atom stereocenters. The van der Waals surface area contributed by atoms with Gasteiger partial charge in [-0.15, -0.1) is 11.3 Å². The Bertz CT molecular complexity index is 1760. The van der Waals surface area contributed by atoms with Gasteiger partial charge in [-0.3, -0.25) is 0 Å². The summed E-state index contributed by atoms with van der Waals surface area (Å²) < 4.78 is 35.4. The first kappa shape index (κ1) is 30.1. The van der Waals surface area contributed by atoms with Gasteiger partial charge in [0.05, 0.1) is 57.6 Å². The first-order valence-corrected chi connectivity index (χ1v) is 15.3. The molecule has 1 aromatic heterocycles. The standard InChI is InChI=1S/C35H34N2O7S/c1-38-28-14-13-22(29-21-27(37-44-29)24-19-31(39-2)34(41-4)32(20-24)40-3)18-30(28)43-16-8-15-42-25-10-7-9-23(17-25)35-36-26-11-5-6-12-33(26)45-35/h5-7,9-14,17-20,29H,8,15-16,21H2,1-4H3. The van der Waals surface area contributed by atoms with Crippen molar-refractivity contribution in [2.75, 3.05) is 41.7 Å². The van der Waals surface area contributed by atoms with Crippen molar-refractivity contribution in [2.24, 2.45) is 5.16 Å². The molecule has 5 aromatic rings. The van der Waals surface area contributed by atoms with Gasteiger partial charge in [0, 0.05) is 24.0 Å². The second-order valence-electron chi connectivity index (χ2n) is 10.2. The fraction of sp³-hybridized carbons (Fsp3) is 0.257. The molecule has 4 aromatic carbocycles. The highest BCUT2D eigenvalue weighted by molar-refractivity contribution is 7.21. The van der Waals surface area contributed by atoms with Gasteiger partial charge < -0.3 is 33.3 Å². The summed E-state index contributed by atoms with van der Waals surface area (Å²) in [6, 6.07) is 25.7. The predicted molar refractivity (Wildman–Crippen MR) is 175 cm³/mol. The Morgan fingerprint density at radius 2 is 1.51 bits per heavy atom. The number of benzene rings is 4. The summed E-state index contributed by atoms with van der Waals surface area (Å²) in [5, 5.41) is 5.34. The third-order valence-electron chi connectivity index (χ3n) is 7.42. The Kier molecular flexibility index (Phi) is 9.21. The minimum Gasteiger partial charge on any atom is -0.493 e. The van der Waals surface area contributed by atoms with Crippen LogP contribution in [0, 0.1) is 0 Å². The number of hydrogen-bond donors (Lipinski definition) is 0. The maximum atomic E-state index is 6.14. The largest absolute Gasteiger partial charge is 0.493 e. The zero-order chi connectivity index (χ0) is 31.2. The Morgan fingerprint density at radius 3 is 2.27 bits per heavy atom. The summed E-state index contributed by atoms with van der Waals surface area (Å²) in [6.45, 7) is 0.957. The van der Waals surface area contributed by atoms with Gasteiger partial charge in [-0.05, 0) is 54.1 Å². The first-order valence-electron chi connectivity index (χ1n) is 14.5. The normalized spacial score (nSPS) is 14.0. The lowest BCUT2D eigenvalue weighted by Gasteiger charge is -2.15. The van der Waals surface area contributed by atoms with E-state index in [1.165, 1.54) is 4.70 Å². The van der Waals surface area contributed by atoms with Gasteiger partial charge in [0.1, 0.15) is 10.8 Å². The van der Waals surface area contributed by atoms with Gasteiger partial charge in [0.2, 0.25) is 5.75 Å². The second-order valence-corrected chi connectivity index (χ2v) is 11.3. The van der Waals surface area contributed by atoms with Crippen LogP contribution in [0.2, 0.25) is 0 Å². The minimum absolute atomic E-state index is 0.279. The number of ether oxygens (including phenoxy) is 6. The van der Waals surface area contributed by atoms with Gasteiger partial charge in [-0.1, -0.05) is 35.5 Å². The molecule has 1 unspecified atom stereocenters. The molecule has 9 nitrogen and oxygen atoms in total. The second kappa shape index (κ2) is 13.8. The zero-order valence-electron chi connectivity index (χ0n) is 25.6. The van der Waals surface area contributed by atoms with Gasteiger partial charge in [-0.25, -0.2) is 4.98 Å². The van der Waals surface area contributed by atoms with Gasteiger partial charge in [0.25, 0.3) is 0 Å². The Labute approximate surface area is 265 Å². The maximum absolute atomic E-state index is 6.14. The Hall–Kier alpha value is -4.96. The molecule has 0 aliphatic carbocycles. The summed E-state index contributed by atoms with van der Waals surface area (Å²) in [7, 11) is 6.38. The van der Waals surface area contributed by atoms with Crippen LogP contribution in [0.15, 0.2) is 84.0 Å². The van der Waals surface area contributed by atoms with Crippen LogP contribution in [0.25, 0.3) is 20.8 Å². The van der Waals surface area contributed by atoms with Crippen molar-refractivity contribution in [1.29, 1.82) is 0 Å². The van der Waals surface area contributed by atoms with E-state index in [2.05, 4.69) is 17.3 Å². The van der Waals surface area contributed by atoms with E-state index in [-0.39, 0.29) is 6.10 Å². The molecule has 10 heteroatoms. The molecule has 1 aliphatic rings. The summed E-state index contributed by atoms with van der Waals surface area (Å²) in [5.74, 6) is 3.73. The monoisotopic (exact) mass is 626 g/mol. The van der Waals surface area contributed by atoms with Crippen LogP contribution in [0.1, 0.15) is 30.1 Å². The number of oxime groups is 1. The molecular formula is C35H34N2O7S. The number of aromatic nitrogens is 1. The lowest BCUT2D eigenvalue weighted by atomic mass is 9.99. The topological polar surface area (TPSA) is 89.9 Å². The summed E-state index contributed by atoms with van der Waals surface area (Å²) in [4.78, 5) is 10.6. The number of fused-ring (bicyclic) bond motifs is 1. The van der Waals surface area contributed by atoms with Gasteiger partial charge in [-0.2, -0.15) is 0 Å². The van der Waals surface area contributed by atoms with E-state index in [1.807, 2.05) is 66.7 Å². The molecule has 0 fully saturated rings. The average molecular weight is 627 g/mol. The number of hydrogen-bond acceptors (Lipinski definition) is 10. The average Bonchev–Trinajstić information content (AvgIpc) is 3.76. The minimum atomic E-state index is -0.279. The predicted octanol–water partition coefficient (Wildman–Crippen LogP) is 7.71. The molecule has 0 bridgehead atoms. The maximum Gasteiger partial charge on any atom is 0.203 e. The van der Waals surface area contributed by atoms with E-state index in [0.29, 0.717) is 54.8 Å². The van der Waals surface area contributed by atoms with Crippen molar-refractivity contribution in [2.45, 2.75) is 18.9 Å². The van der Waals surface area contributed by atoms with Crippen LogP contribution < -0.4 is 28.4 Å². The molecule has 0 N–H and O–H groups in total. The number of para-hydroxylation sites is 1. The fourth-order valence-corrected chi connectivity index (χ4v) is 6.09. The van der Waals surface area contributed by atoms with Crippen molar-refractivity contribution < 1.29 is 33.3 Å². The van der Waals surface area contributed by atoms with Crippen LogP contribution in [-0.4, -0.2) is 52.3 Å². The third kappa shape index (κ3) is 6.61. The fourth-order valence-electron chi connectivity index (χ4n) is 5.13. The molecule has 0 saturated heterocycles. The van der Waals surface area contributed by atoms with Crippen molar-refractivity contribution in [3.05, 3.63) is 90.0 Å². The molecule has 0 radical (unpaired) electrons. The number of rotatable bonds is 13. The molecule has 1 aliphatic heterocycles. The van der Waals surface area contributed by atoms with Crippen molar-refractivity contribution in [3.63, 3.8) is 0 Å². The SMILES string of the molecule is COc1ccc(C2CC(c3cc(OC)c(OC)c(OC)c3)=NO2)cc1OCCCOc1cccc(-c2nc3ccccc3s2)c1. The third-order valence-corrected chi connectivity index (χ3v) is 8.50. The number of thiazole rings is 1.